The molecule has 0 unspecified atom stereocenters. The number of hydrogen-bond donors (Lipinski definition) is 1. The Hall–Kier alpha value is -2.66. The summed E-state index contributed by atoms with van der Waals surface area (Å²) in [4.78, 5) is 25.0. The Kier molecular flexibility index (Phi) is 5.33. The summed E-state index contributed by atoms with van der Waals surface area (Å²) in [5, 5.41) is 7.58. The van der Waals surface area contributed by atoms with Crippen LogP contribution in [0.5, 0.6) is 0 Å². The summed E-state index contributed by atoms with van der Waals surface area (Å²) < 4.78 is 1.69. The van der Waals surface area contributed by atoms with Crippen LogP contribution in [0.1, 0.15) is 36.2 Å². The SMILES string of the molecule is CC1=CC(C)=C(CNC(=O)c2cccc(-c3c(Cl)cnn3C)c2C)C(=O)C1. The van der Waals surface area contributed by atoms with Gasteiger partial charge in [0.15, 0.2) is 5.78 Å². The zero-order valence-electron chi connectivity index (χ0n) is 15.9. The third-order valence-corrected chi connectivity index (χ3v) is 5.14. The molecule has 3 rings (SSSR count). The van der Waals surface area contributed by atoms with Crippen LogP contribution in [0.25, 0.3) is 11.3 Å². The highest BCUT2D eigenvalue weighted by Gasteiger charge is 2.20. The minimum absolute atomic E-state index is 0.0694. The van der Waals surface area contributed by atoms with Gasteiger partial charge in [-0.25, -0.2) is 0 Å². The highest BCUT2D eigenvalue weighted by atomic mass is 35.5. The smallest absolute Gasteiger partial charge is 0.251 e. The first-order valence-electron chi connectivity index (χ1n) is 8.75. The minimum atomic E-state index is -0.216. The maximum atomic E-state index is 12.8. The molecule has 1 amide bonds. The van der Waals surface area contributed by atoms with Gasteiger partial charge in [-0.15, -0.1) is 0 Å². The summed E-state index contributed by atoms with van der Waals surface area (Å²) in [6.07, 6.45) is 4.00. The molecule has 1 aromatic heterocycles. The number of hydrogen-bond acceptors (Lipinski definition) is 3. The summed E-state index contributed by atoms with van der Waals surface area (Å²) in [6.45, 7) is 5.95. The van der Waals surface area contributed by atoms with E-state index in [-0.39, 0.29) is 18.2 Å². The zero-order valence-corrected chi connectivity index (χ0v) is 16.6. The molecule has 27 heavy (non-hydrogen) atoms. The lowest BCUT2D eigenvalue weighted by Gasteiger charge is -2.17. The number of benzene rings is 1. The number of nitrogens with zero attached hydrogens (tertiary/aromatic N) is 2. The number of carbonyl (C=O) groups is 2. The first-order valence-corrected chi connectivity index (χ1v) is 9.13. The number of ketones is 1. The number of aromatic nitrogens is 2. The Morgan fingerprint density at radius 1 is 1.30 bits per heavy atom. The Morgan fingerprint density at radius 2 is 2.04 bits per heavy atom. The van der Waals surface area contributed by atoms with E-state index in [2.05, 4.69) is 10.4 Å². The fraction of sp³-hybridized carbons (Fsp3) is 0.286. The Balaban J connectivity index is 1.85. The van der Waals surface area contributed by atoms with E-state index in [1.54, 1.807) is 16.9 Å². The second-order valence-corrected chi connectivity index (χ2v) is 7.28. The van der Waals surface area contributed by atoms with Crippen molar-refractivity contribution >= 4 is 23.3 Å². The topological polar surface area (TPSA) is 64.0 Å². The van der Waals surface area contributed by atoms with Crippen LogP contribution in [-0.4, -0.2) is 28.0 Å². The molecule has 0 aliphatic heterocycles. The second-order valence-electron chi connectivity index (χ2n) is 6.88. The van der Waals surface area contributed by atoms with Crippen LogP contribution >= 0.6 is 11.6 Å². The second kappa shape index (κ2) is 7.53. The first kappa shape index (κ1) is 19.1. The third kappa shape index (κ3) is 3.74. The molecule has 0 saturated carbocycles. The molecule has 1 N–H and O–H groups in total. The van der Waals surface area contributed by atoms with Gasteiger partial charge in [0.2, 0.25) is 0 Å². The zero-order chi connectivity index (χ0) is 19.7. The van der Waals surface area contributed by atoms with Crippen molar-refractivity contribution in [1.82, 2.24) is 15.1 Å². The molecule has 140 valence electrons. The number of rotatable bonds is 4. The largest absolute Gasteiger partial charge is 0.348 e. The van der Waals surface area contributed by atoms with Gasteiger partial charge >= 0.3 is 0 Å². The van der Waals surface area contributed by atoms with Crippen molar-refractivity contribution in [2.45, 2.75) is 27.2 Å². The van der Waals surface area contributed by atoms with Gasteiger partial charge in [0.05, 0.1) is 16.9 Å². The Morgan fingerprint density at radius 3 is 2.67 bits per heavy atom. The maximum absolute atomic E-state index is 12.8. The van der Waals surface area contributed by atoms with E-state index < -0.39 is 0 Å². The lowest BCUT2D eigenvalue weighted by molar-refractivity contribution is -0.115. The molecule has 0 bridgehead atoms. The molecule has 1 aromatic carbocycles. The number of aryl methyl sites for hydroxylation is 1. The summed E-state index contributed by atoms with van der Waals surface area (Å²) in [5.41, 5.74) is 5.62. The molecular formula is C21H22ClN3O2. The molecule has 1 heterocycles. The minimum Gasteiger partial charge on any atom is -0.348 e. The van der Waals surface area contributed by atoms with Crippen LogP contribution < -0.4 is 5.32 Å². The highest BCUT2D eigenvalue weighted by molar-refractivity contribution is 6.33. The van der Waals surface area contributed by atoms with Gasteiger partial charge < -0.3 is 5.32 Å². The lowest BCUT2D eigenvalue weighted by atomic mass is 9.92. The first-order chi connectivity index (χ1) is 12.8. The van der Waals surface area contributed by atoms with E-state index in [9.17, 15) is 9.59 Å². The van der Waals surface area contributed by atoms with E-state index in [1.807, 2.05) is 46.0 Å². The number of carbonyl (C=O) groups excluding carboxylic acids is 2. The van der Waals surface area contributed by atoms with Crippen LogP contribution in [0.2, 0.25) is 5.02 Å². The van der Waals surface area contributed by atoms with E-state index >= 15 is 0 Å². The van der Waals surface area contributed by atoms with Gasteiger partial charge in [0, 0.05) is 36.7 Å². The van der Waals surface area contributed by atoms with Crippen LogP contribution in [0.4, 0.5) is 0 Å². The van der Waals surface area contributed by atoms with Gasteiger partial charge in [-0.3, -0.25) is 14.3 Å². The molecule has 1 aliphatic rings. The molecule has 2 aromatic rings. The molecule has 6 heteroatoms. The van der Waals surface area contributed by atoms with Crippen molar-refractivity contribution in [3.8, 4) is 11.3 Å². The van der Waals surface area contributed by atoms with Gasteiger partial charge in [0.25, 0.3) is 5.91 Å². The fourth-order valence-corrected chi connectivity index (χ4v) is 3.71. The Labute approximate surface area is 163 Å². The van der Waals surface area contributed by atoms with Gasteiger partial charge in [-0.05, 0) is 38.0 Å². The van der Waals surface area contributed by atoms with E-state index in [4.69, 9.17) is 11.6 Å². The van der Waals surface area contributed by atoms with Crippen molar-refractivity contribution in [1.29, 1.82) is 0 Å². The van der Waals surface area contributed by atoms with Crippen LogP contribution in [0, 0.1) is 6.92 Å². The quantitative estimate of drug-likeness (QED) is 0.867. The normalized spacial score (nSPS) is 14.4. The van der Waals surface area contributed by atoms with Crippen molar-refractivity contribution in [3.63, 3.8) is 0 Å². The third-order valence-electron chi connectivity index (χ3n) is 4.87. The van der Waals surface area contributed by atoms with Gasteiger partial charge in [0.1, 0.15) is 0 Å². The molecule has 1 aliphatic carbocycles. The van der Waals surface area contributed by atoms with Crippen LogP contribution in [0.15, 0.2) is 47.2 Å². The van der Waals surface area contributed by atoms with Crippen molar-refractivity contribution in [2.24, 2.45) is 7.05 Å². The molecule has 5 nitrogen and oxygen atoms in total. The van der Waals surface area contributed by atoms with Gasteiger partial charge in [-0.1, -0.05) is 35.4 Å². The number of Topliss-reactive ketones (excluding diaryl/α,β-unsaturated/α-hetero) is 1. The number of nitrogens with one attached hydrogen (secondary N) is 1. The van der Waals surface area contributed by atoms with Crippen LogP contribution in [0.3, 0.4) is 0 Å². The fourth-order valence-electron chi connectivity index (χ4n) is 3.44. The van der Waals surface area contributed by atoms with Crippen molar-refractivity contribution < 1.29 is 9.59 Å². The summed E-state index contributed by atoms with van der Waals surface area (Å²) >= 11 is 6.26. The predicted octanol–water partition coefficient (Wildman–Crippen LogP) is 4.01. The molecule has 0 saturated heterocycles. The maximum Gasteiger partial charge on any atom is 0.251 e. The molecule has 0 atom stereocenters. The molecule has 0 fully saturated rings. The van der Waals surface area contributed by atoms with E-state index in [0.717, 1.165) is 28.0 Å². The summed E-state index contributed by atoms with van der Waals surface area (Å²) in [6, 6.07) is 5.51. The predicted molar refractivity (Wildman–Crippen MR) is 107 cm³/mol. The summed E-state index contributed by atoms with van der Waals surface area (Å²) in [5.74, 6) is -0.146. The average Bonchev–Trinajstić information content (AvgIpc) is 2.92. The van der Waals surface area contributed by atoms with Crippen molar-refractivity contribution in [3.05, 3.63) is 63.3 Å². The number of halogens is 1. The van der Waals surface area contributed by atoms with Crippen molar-refractivity contribution in [2.75, 3.05) is 6.54 Å². The lowest BCUT2D eigenvalue weighted by Crippen LogP contribution is -2.29. The number of allylic oxidation sites excluding steroid dienone is 3. The molecular weight excluding hydrogens is 362 g/mol. The average molecular weight is 384 g/mol. The summed E-state index contributed by atoms with van der Waals surface area (Å²) in [7, 11) is 1.81. The molecule has 0 spiro atoms. The Bertz CT molecular complexity index is 979. The van der Waals surface area contributed by atoms with Gasteiger partial charge in [-0.2, -0.15) is 5.10 Å². The molecule has 0 radical (unpaired) electrons. The number of amides is 1. The monoisotopic (exact) mass is 383 g/mol. The highest BCUT2D eigenvalue weighted by Crippen LogP contribution is 2.31. The van der Waals surface area contributed by atoms with E-state index in [1.165, 1.54) is 0 Å². The van der Waals surface area contributed by atoms with E-state index in [0.29, 0.717) is 22.6 Å². The standard InChI is InChI=1S/C21H22ClN3O2/c1-12-8-13(2)17(19(26)9-12)10-23-21(27)16-7-5-6-15(14(16)3)20-18(22)11-24-25(20)4/h5-8,11H,9-10H2,1-4H3,(H,23,27). The van der Waals surface area contributed by atoms with Crippen LogP contribution in [-0.2, 0) is 11.8 Å².